The van der Waals surface area contributed by atoms with Crippen molar-refractivity contribution in [1.82, 2.24) is 0 Å². The van der Waals surface area contributed by atoms with Gasteiger partial charge in [0, 0.05) is 0 Å². The molecule has 3 aliphatic carbocycles. The van der Waals surface area contributed by atoms with Crippen LogP contribution in [0.5, 0.6) is 0 Å². The van der Waals surface area contributed by atoms with Gasteiger partial charge < -0.3 is 0 Å². The van der Waals surface area contributed by atoms with Crippen molar-refractivity contribution in [3.63, 3.8) is 0 Å². The smallest absolute Gasteiger partial charge is 0.00142 e. The fourth-order valence-corrected chi connectivity index (χ4v) is 3.50. The van der Waals surface area contributed by atoms with Gasteiger partial charge in [0.25, 0.3) is 0 Å². The zero-order chi connectivity index (χ0) is 8.67. The lowest BCUT2D eigenvalue weighted by Gasteiger charge is -2.39. The highest BCUT2D eigenvalue weighted by Crippen LogP contribution is 2.46. The lowest BCUT2D eigenvalue weighted by atomic mass is 9.66. The topological polar surface area (TPSA) is 0 Å². The minimum Gasteiger partial charge on any atom is -0.0773 e. The van der Waals surface area contributed by atoms with Crippen LogP contribution in [0.25, 0.3) is 0 Å². The van der Waals surface area contributed by atoms with E-state index in [4.69, 9.17) is 0 Å². The number of rotatable bonds is 0. The Labute approximate surface area is 80.7 Å². The average molecular weight is 174 g/mol. The molecular formula is C13H18. The van der Waals surface area contributed by atoms with Gasteiger partial charge in [0.2, 0.25) is 0 Å². The molecular weight excluding hydrogens is 156 g/mol. The zero-order valence-corrected chi connectivity index (χ0v) is 8.21. The predicted octanol–water partition coefficient (Wildman–Crippen LogP) is 3.70. The normalized spacial score (nSPS) is 42.5. The number of hydrogen-bond donors (Lipinski definition) is 0. The summed E-state index contributed by atoms with van der Waals surface area (Å²) < 4.78 is 0. The standard InChI is InChI=1S/C13H18/c1-2-5-11-9-13-7-3-6-12(13)8-10(11)4-1/h3,6-7,10-12H,1-2,4-5,8-9H2. The summed E-state index contributed by atoms with van der Waals surface area (Å²) >= 11 is 0. The summed E-state index contributed by atoms with van der Waals surface area (Å²) in [5.41, 5.74) is 1.74. The second kappa shape index (κ2) is 3.01. The summed E-state index contributed by atoms with van der Waals surface area (Å²) in [7, 11) is 0. The number of allylic oxidation sites excluding steroid dienone is 4. The van der Waals surface area contributed by atoms with Crippen molar-refractivity contribution in [1.29, 1.82) is 0 Å². The molecule has 13 heavy (non-hydrogen) atoms. The number of fused-ring (bicyclic) bond motifs is 2. The minimum absolute atomic E-state index is 0.847. The van der Waals surface area contributed by atoms with Gasteiger partial charge in [0.05, 0.1) is 0 Å². The molecule has 0 N–H and O–H groups in total. The highest BCUT2D eigenvalue weighted by atomic mass is 14.4. The van der Waals surface area contributed by atoms with Crippen molar-refractivity contribution in [2.45, 2.75) is 38.5 Å². The SMILES string of the molecule is C1=CC2CC3CCCCC3CC2=C1. The van der Waals surface area contributed by atoms with Crippen molar-refractivity contribution in [3.8, 4) is 0 Å². The highest BCUT2D eigenvalue weighted by molar-refractivity contribution is 5.29. The van der Waals surface area contributed by atoms with Gasteiger partial charge in [-0.25, -0.2) is 0 Å². The van der Waals surface area contributed by atoms with E-state index in [2.05, 4.69) is 18.2 Å². The van der Waals surface area contributed by atoms with Gasteiger partial charge in [0.1, 0.15) is 0 Å². The van der Waals surface area contributed by atoms with Gasteiger partial charge >= 0.3 is 0 Å². The summed E-state index contributed by atoms with van der Waals surface area (Å²) in [4.78, 5) is 0. The van der Waals surface area contributed by atoms with E-state index in [1.807, 2.05) is 0 Å². The molecule has 0 heterocycles. The predicted molar refractivity (Wildman–Crippen MR) is 55.4 cm³/mol. The second-order valence-electron chi connectivity index (χ2n) is 4.98. The first-order chi connectivity index (χ1) is 6.43. The van der Waals surface area contributed by atoms with Crippen LogP contribution in [0.15, 0.2) is 23.8 Å². The van der Waals surface area contributed by atoms with Crippen LogP contribution >= 0.6 is 0 Å². The summed E-state index contributed by atoms with van der Waals surface area (Å²) in [6.45, 7) is 0. The van der Waals surface area contributed by atoms with Gasteiger partial charge in [-0.15, -0.1) is 0 Å². The molecule has 2 fully saturated rings. The van der Waals surface area contributed by atoms with Gasteiger partial charge in [-0.3, -0.25) is 0 Å². The highest BCUT2D eigenvalue weighted by Gasteiger charge is 2.34. The largest absolute Gasteiger partial charge is 0.0773 e. The molecule has 3 atom stereocenters. The van der Waals surface area contributed by atoms with Crippen LogP contribution < -0.4 is 0 Å². The first-order valence-corrected chi connectivity index (χ1v) is 5.81. The fourth-order valence-electron chi connectivity index (χ4n) is 3.50. The summed E-state index contributed by atoms with van der Waals surface area (Å²) in [5.74, 6) is 2.97. The van der Waals surface area contributed by atoms with Crippen LogP contribution in [0, 0.1) is 17.8 Å². The Kier molecular flexibility index (Phi) is 1.81. The molecule has 0 saturated heterocycles. The summed E-state index contributed by atoms with van der Waals surface area (Å²) in [6.07, 6.45) is 16.0. The Morgan fingerprint density at radius 2 is 1.92 bits per heavy atom. The molecule has 3 rings (SSSR count). The maximum Gasteiger partial charge on any atom is -0.00142 e. The Morgan fingerprint density at radius 1 is 1.08 bits per heavy atom. The van der Waals surface area contributed by atoms with Gasteiger partial charge in [-0.1, -0.05) is 43.1 Å². The Balaban J connectivity index is 1.79. The monoisotopic (exact) mass is 174 g/mol. The Hall–Kier alpha value is -0.520. The molecule has 70 valence electrons. The first-order valence-electron chi connectivity index (χ1n) is 5.81. The molecule has 2 saturated carbocycles. The van der Waals surface area contributed by atoms with Crippen molar-refractivity contribution in [2.24, 2.45) is 17.8 Å². The Morgan fingerprint density at radius 3 is 2.85 bits per heavy atom. The van der Waals surface area contributed by atoms with Crippen LogP contribution in [-0.2, 0) is 0 Å². The van der Waals surface area contributed by atoms with Crippen LogP contribution in [0.2, 0.25) is 0 Å². The molecule has 0 aliphatic heterocycles. The van der Waals surface area contributed by atoms with E-state index in [1.54, 1.807) is 5.57 Å². The van der Waals surface area contributed by atoms with Crippen LogP contribution in [-0.4, -0.2) is 0 Å². The summed E-state index contributed by atoms with van der Waals surface area (Å²) in [5, 5.41) is 0. The van der Waals surface area contributed by atoms with E-state index in [1.165, 1.54) is 38.5 Å². The molecule has 3 unspecified atom stereocenters. The lowest BCUT2D eigenvalue weighted by Crippen LogP contribution is -2.27. The third-order valence-electron chi connectivity index (χ3n) is 4.25. The van der Waals surface area contributed by atoms with E-state index in [0.29, 0.717) is 0 Å². The van der Waals surface area contributed by atoms with Gasteiger partial charge in [-0.05, 0) is 37.0 Å². The summed E-state index contributed by atoms with van der Waals surface area (Å²) in [6, 6.07) is 0. The maximum atomic E-state index is 2.42. The van der Waals surface area contributed by atoms with Crippen molar-refractivity contribution >= 4 is 0 Å². The van der Waals surface area contributed by atoms with Crippen LogP contribution in [0.3, 0.4) is 0 Å². The average Bonchev–Trinajstić information content (AvgIpc) is 2.61. The maximum absolute atomic E-state index is 2.42. The number of hydrogen-bond acceptors (Lipinski definition) is 0. The molecule has 0 radical (unpaired) electrons. The van der Waals surface area contributed by atoms with Crippen LogP contribution in [0.4, 0.5) is 0 Å². The molecule has 0 aromatic rings. The fraction of sp³-hybridized carbons (Fsp3) is 0.692. The quantitative estimate of drug-likeness (QED) is 0.525. The van der Waals surface area contributed by atoms with E-state index >= 15 is 0 Å². The molecule has 0 aromatic heterocycles. The van der Waals surface area contributed by atoms with Crippen LogP contribution in [0.1, 0.15) is 38.5 Å². The molecule has 0 bridgehead atoms. The third kappa shape index (κ3) is 1.27. The molecule has 3 aliphatic rings. The van der Waals surface area contributed by atoms with Gasteiger partial charge in [0.15, 0.2) is 0 Å². The van der Waals surface area contributed by atoms with Crippen molar-refractivity contribution in [2.75, 3.05) is 0 Å². The molecule has 0 heteroatoms. The van der Waals surface area contributed by atoms with Crippen molar-refractivity contribution in [3.05, 3.63) is 23.8 Å². The van der Waals surface area contributed by atoms with Crippen molar-refractivity contribution < 1.29 is 0 Å². The molecule has 0 nitrogen and oxygen atoms in total. The molecule has 0 aromatic carbocycles. The van der Waals surface area contributed by atoms with E-state index in [-0.39, 0.29) is 0 Å². The van der Waals surface area contributed by atoms with E-state index in [9.17, 15) is 0 Å². The Bertz CT molecular complexity index is 259. The second-order valence-corrected chi connectivity index (χ2v) is 4.98. The first kappa shape index (κ1) is 7.84. The van der Waals surface area contributed by atoms with E-state index < -0.39 is 0 Å². The molecule has 0 spiro atoms. The third-order valence-corrected chi connectivity index (χ3v) is 4.25. The zero-order valence-electron chi connectivity index (χ0n) is 8.21. The van der Waals surface area contributed by atoms with Gasteiger partial charge in [-0.2, -0.15) is 0 Å². The minimum atomic E-state index is 0.847. The lowest BCUT2D eigenvalue weighted by molar-refractivity contribution is 0.182. The van der Waals surface area contributed by atoms with E-state index in [0.717, 1.165) is 17.8 Å². The molecule has 0 amide bonds.